The summed E-state index contributed by atoms with van der Waals surface area (Å²) < 4.78 is 12.9. The molecule has 32 heavy (non-hydrogen) atoms. The molecular weight excluding hydrogens is 517 g/mol. The zero-order valence-corrected chi connectivity index (χ0v) is 21.2. The molecule has 172 valence electrons. The lowest BCUT2D eigenvalue weighted by molar-refractivity contribution is 0.310. The Morgan fingerprint density at radius 2 is 1.88 bits per heavy atom. The number of aryl methyl sites for hydroxylation is 1. The summed E-state index contributed by atoms with van der Waals surface area (Å²) in [7, 11) is 3.44. The number of nitrogens with zero attached hydrogens (tertiary/aromatic N) is 3. The highest BCUT2D eigenvalue weighted by Crippen LogP contribution is 2.28. The van der Waals surface area contributed by atoms with Crippen LogP contribution in [0, 0.1) is 0 Å². The first-order valence-corrected chi connectivity index (χ1v) is 10.6. The van der Waals surface area contributed by atoms with Crippen molar-refractivity contribution < 1.29 is 9.47 Å². The highest BCUT2D eigenvalue weighted by Gasteiger charge is 2.06. The van der Waals surface area contributed by atoms with Gasteiger partial charge in [0.1, 0.15) is 0 Å². The van der Waals surface area contributed by atoms with Gasteiger partial charge >= 0.3 is 0 Å². The molecule has 2 aromatic carbocycles. The van der Waals surface area contributed by atoms with E-state index in [2.05, 4.69) is 32.9 Å². The minimum atomic E-state index is 0. The lowest BCUT2D eigenvalue weighted by Gasteiger charge is -2.12. The van der Waals surface area contributed by atoms with Crippen LogP contribution in [0.4, 0.5) is 0 Å². The molecule has 0 aliphatic carbocycles. The Hall–Kier alpha value is -2.75. The van der Waals surface area contributed by atoms with Gasteiger partial charge in [0.05, 0.1) is 25.6 Å². The van der Waals surface area contributed by atoms with Crippen molar-refractivity contribution in [3.63, 3.8) is 0 Å². The smallest absolute Gasteiger partial charge is 0.191 e. The van der Waals surface area contributed by atoms with Gasteiger partial charge in [-0.15, -0.1) is 24.0 Å². The minimum absolute atomic E-state index is 0. The fourth-order valence-corrected chi connectivity index (χ4v) is 3.22. The van der Waals surface area contributed by atoms with Crippen molar-refractivity contribution in [2.45, 2.75) is 26.3 Å². The van der Waals surface area contributed by atoms with Gasteiger partial charge < -0.3 is 20.1 Å². The number of benzene rings is 2. The second kappa shape index (κ2) is 13.6. The summed E-state index contributed by atoms with van der Waals surface area (Å²) in [5.74, 6) is 2.34. The van der Waals surface area contributed by atoms with E-state index < -0.39 is 0 Å². The summed E-state index contributed by atoms with van der Waals surface area (Å²) in [5, 5.41) is 11.1. The average molecular weight is 549 g/mol. The summed E-state index contributed by atoms with van der Waals surface area (Å²) in [6.45, 7) is 4.07. The second-order valence-electron chi connectivity index (χ2n) is 7.00. The van der Waals surface area contributed by atoms with Crippen molar-refractivity contribution in [2.24, 2.45) is 4.99 Å². The van der Waals surface area contributed by atoms with Gasteiger partial charge in [0.25, 0.3) is 0 Å². The van der Waals surface area contributed by atoms with E-state index in [9.17, 15) is 0 Å². The van der Waals surface area contributed by atoms with Crippen LogP contribution in [0.15, 0.2) is 65.9 Å². The monoisotopic (exact) mass is 549 g/mol. The molecule has 0 radical (unpaired) electrons. The predicted octanol–water partition coefficient (Wildman–Crippen LogP) is 4.20. The van der Waals surface area contributed by atoms with Gasteiger partial charge in [-0.25, -0.2) is 4.68 Å². The molecular formula is C24H32IN5O2. The van der Waals surface area contributed by atoms with Crippen LogP contribution in [-0.4, -0.2) is 43.0 Å². The molecule has 0 spiro atoms. The fraction of sp³-hybridized carbons (Fsp3) is 0.333. The zero-order chi connectivity index (χ0) is 21.9. The first-order valence-electron chi connectivity index (χ1n) is 10.6. The molecule has 0 saturated carbocycles. The number of rotatable bonds is 10. The van der Waals surface area contributed by atoms with Gasteiger partial charge in [-0.3, -0.25) is 4.99 Å². The topological polar surface area (TPSA) is 72.7 Å². The maximum Gasteiger partial charge on any atom is 0.191 e. The third-order valence-corrected chi connectivity index (χ3v) is 4.80. The van der Waals surface area contributed by atoms with Gasteiger partial charge in [-0.1, -0.05) is 24.3 Å². The number of halogens is 1. The SMILES string of the molecule is CCOc1cc(CCCNC(=NC)NCc2cnn(-c3ccccc3)c2)ccc1OC.I. The van der Waals surface area contributed by atoms with Crippen LogP contribution >= 0.6 is 24.0 Å². The Morgan fingerprint density at radius 1 is 1.06 bits per heavy atom. The lowest BCUT2D eigenvalue weighted by Crippen LogP contribution is -2.37. The third kappa shape index (κ3) is 7.44. The van der Waals surface area contributed by atoms with E-state index in [1.165, 1.54) is 5.56 Å². The van der Waals surface area contributed by atoms with Crippen LogP contribution in [0.1, 0.15) is 24.5 Å². The van der Waals surface area contributed by atoms with E-state index in [0.29, 0.717) is 13.2 Å². The van der Waals surface area contributed by atoms with Crippen molar-refractivity contribution in [1.29, 1.82) is 0 Å². The average Bonchev–Trinajstić information content (AvgIpc) is 3.29. The number of methoxy groups -OCH3 is 1. The summed E-state index contributed by atoms with van der Waals surface area (Å²) in [4.78, 5) is 4.30. The molecule has 0 amide bonds. The van der Waals surface area contributed by atoms with E-state index in [0.717, 1.165) is 48.1 Å². The third-order valence-electron chi connectivity index (χ3n) is 4.80. The maximum atomic E-state index is 5.66. The molecule has 1 aromatic heterocycles. The molecule has 1 heterocycles. The minimum Gasteiger partial charge on any atom is -0.493 e. The number of hydrogen-bond acceptors (Lipinski definition) is 4. The Morgan fingerprint density at radius 3 is 2.59 bits per heavy atom. The van der Waals surface area contributed by atoms with Crippen LogP contribution in [0.25, 0.3) is 5.69 Å². The van der Waals surface area contributed by atoms with Crippen LogP contribution in [0.5, 0.6) is 11.5 Å². The highest BCUT2D eigenvalue weighted by atomic mass is 127. The number of aromatic nitrogens is 2. The number of nitrogens with one attached hydrogen (secondary N) is 2. The molecule has 0 aliphatic rings. The van der Waals surface area contributed by atoms with Crippen molar-refractivity contribution in [1.82, 2.24) is 20.4 Å². The largest absolute Gasteiger partial charge is 0.493 e. The number of guanidine groups is 1. The van der Waals surface area contributed by atoms with Crippen LogP contribution in [-0.2, 0) is 13.0 Å². The lowest BCUT2D eigenvalue weighted by atomic mass is 10.1. The van der Waals surface area contributed by atoms with Crippen molar-refractivity contribution in [3.05, 3.63) is 72.1 Å². The Bertz CT molecular complexity index is 976. The molecule has 2 N–H and O–H groups in total. The molecule has 8 heteroatoms. The molecule has 3 aromatic rings. The van der Waals surface area contributed by atoms with E-state index >= 15 is 0 Å². The van der Waals surface area contributed by atoms with Crippen LogP contribution < -0.4 is 20.1 Å². The summed E-state index contributed by atoms with van der Waals surface area (Å²) >= 11 is 0. The van der Waals surface area contributed by atoms with Gasteiger partial charge in [0.15, 0.2) is 17.5 Å². The molecule has 7 nitrogen and oxygen atoms in total. The summed E-state index contributed by atoms with van der Waals surface area (Å²) in [5.41, 5.74) is 3.36. The predicted molar refractivity (Wildman–Crippen MR) is 140 cm³/mol. The number of aliphatic imine (C=N–C) groups is 1. The van der Waals surface area contributed by atoms with Gasteiger partial charge in [-0.05, 0) is 49.6 Å². The first kappa shape index (κ1) is 25.5. The molecule has 0 bridgehead atoms. The quantitative estimate of drug-likeness (QED) is 0.172. The molecule has 0 atom stereocenters. The molecule has 0 aliphatic heterocycles. The van der Waals surface area contributed by atoms with Gasteiger partial charge in [-0.2, -0.15) is 5.10 Å². The van der Waals surface area contributed by atoms with Gasteiger partial charge in [0, 0.05) is 31.9 Å². The normalized spacial score (nSPS) is 10.9. The number of ether oxygens (including phenoxy) is 2. The van der Waals surface area contributed by atoms with E-state index in [4.69, 9.17) is 9.47 Å². The molecule has 0 unspecified atom stereocenters. The van der Waals surface area contributed by atoms with Gasteiger partial charge in [0.2, 0.25) is 0 Å². The molecule has 0 fully saturated rings. The summed E-state index contributed by atoms with van der Waals surface area (Å²) in [6.07, 6.45) is 5.81. The number of hydrogen-bond donors (Lipinski definition) is 2. The Labute approximate surface area is 207 Å². The fourth-order valence-electron chi connectivity index (χ4n) is 3.22. The van der Waals surface area contributed by atoms with Crippen molar-refractivity contribution in [3.8, 4) is 17.2 Å². The van der Waals surface area contributed by atoms with E-state index in [1.54, 1.807) is 14.2 Å². The molecule has 0 saturated heterocycles. The zero-order valence-electron chi connectivity index (χ0n) is 18.9. The first-order chi connectivity index (χ1) is 15.2. The van der Waals surface area contributed by atoms with Crippen LogP contribution in [0.3, 0.4) is 0 Å². The van der Waals surface area contributed by atoms with Crippen LogP contribution in [0.2, 0.25) is 0 Å². The standard InChI is InChI=1S/C24H31N5O2.HI/c1-4-31-23-15-19(12-13-22(23)30-3)9-8-14-26-24(25-2)27-16-20-17-28-29(18-20)21-10-6-5-7-11-21;/h5-7,10-13,15,17-18H,4,8-9,14,16H2,1-3H3,(H2,25,26,27);1H. The maximum absolute atomic E-state index is 5.66. The number of para-hydroxylation sites is 1. The van der Waals surface area contributed by atoms with Crippen molar-refractivity contribution >= 4 is 29.9 Å². The second-order valence-corrected chi connectivity index (χ2v) is 7.00. The van der Waals surface area contributed by atoms with E-state index in [1.807, 2.05) is 60.4 Å². The van der Waals surface area contributed by atoms with E-state index in [-0.39, 0.29) is 24.0 Å². The highest BCUT2D eigenvalue weighted by molar-refractivity contribution is 14.0. The molecule has 3 rings (SSSR count). The Balaban J connectivity index is 0.00000363. The van der Waals surface area contributed by atoms with Crippen molar-refractivity contribution in [2.75, 3.05) is 27.3 Å². The summed E-state index contributed by atoms with van der Waals surface area (Å²) in [6, 6.07) is 16.2. The Kier molecular flexibility index (Phi) is 10.9.